The highest BCUT2D eigenvalue weighted by Gasteiger charge is 2.10. The molecule has 0 radical (unpaired) electrons. The molecule has 0 aliphatic carbocycles. The van der Waals surface area contributed by atoms with Gasteiger partial charge in [0.05, 0.1) is 13.2 Å². The van der Waals surface area contributed by atoms with Crippen molar-refractivity contribution in [1.82, 2.24) is 10.3 Å². The van der Waals surface area contributed by atoms with Crippen molar-refractivity contribution in [1.29, 1.82) is 0 Å². The molecular weight excluding hydrogens is 348 g/mol. The number of aromatic nitrogens is 1. The molecule has 4 nitrogen and oxygen atoms in total. The van der Waals surface area contributed by atoms with Gasteiger partial charge >= 0.3 is 0 Å². The molecule has 1 amide bonds. The molecule has 0 spiro atoms. The van der Waals surface area contributed by atoms with E-state index in [1.807, 2.05) is 24.4 Å². The Balaban J connectivity index is 1.69. The Morgan fingerprint density at radius 3 is 2.79 bits per heavy atom. The molecule has 0 saturated heterocycles. The van der Waals surface area contributed by atoms with Crippen LogP contribution in [-0.2, 0) is 16.1 Å². The van der Waals surface area contributed by atoms with E-state index < -0.39 is 0 Å². The van der Waals surface area contributed by atoms with E-state index in [2.05, 4.69) is 60.2 Å². The molecule has 0 aliphatic heterocycles. The molecule has 2 aromatic carbocycles. The number of hydrogen-bond acceptors (Lipinski definition) is 2. The van der Waals surface area contributed by atoms with Crippen LogP contribution in [0.15, 0.2) is 78.5 Å². The summed E-state index contributed by atoms with van der Waals surface area (Å²) in [5.74, 6) is 0. The Hall–Kier alpha value is -3.11. The third-order valence-electron chi connectivity index (χ3n) is 4.89. The third-order valence-corrected chi connectivity index (χ3v) is 4.89. The minimum Gasteiger partial charge on any atom is -0.376 e. The van der Waals surface area contributed by atoms with Crippen LogP contribution >= 0.6 is 0 Å². The number of hydrogen-bond donors (Lipinski definition) is 2. The molecule has 0 saturated carbocycles. The molecule has 1 heterocycles. The van der Waals surface area contributed by atoms with E-state index in [4.69, 9.17) is 4.74 Å². The van der Waals surface area contributed by atoms with E-state index in [0.717, 1.165) is 45.2 Å². The van der Waals surface area contributed by atoms with Crippen molar-refractivity contribution in [3.8, 4) is 0 Å². The summed E-state index contributed by atoms with van der Waals surface area (Å²) in [5.41, 5.74) is 6.53. The standard InChI is InChI=1S/C24H26N2O2/c1-18(11-13-28-16-20-6-4-3-5-7-20)23(15-25-17-27)19(2)21-8-9-24-22(14-21)10-12-26-24/h3-10,12,14,17,26H,1,11,13,15-16H2,2H3,(H,25,27)/b23-19+. The van der Waals surface area contributed by atoms with Gasteiger partial charge in [-0.2, -0.15) is 0 Å². The monoisotopic (exact) mass is 374 g/mol. The Morgan fingerprint density at radius 2 is 2.00 bits per heavy atom. The van der Waals surface area contributed by atoms with Crippen LogP contribution in [0, 0.1) is 0 Å². The van der Waals surface area contributed by atoms with Gasteiger partial charge in [0.15, 0.2) is 0 Å². The number of amides is 1. The zero-order chi connectivity index (χ0) is 19.8. The molecule has 3 rings (SSSR count). The first-order valence-corrected chi connectivity index (χ1v) is 9.43. The van der Waals surface area contributed by atoms with Crippen LogP contribution in [0.3, 0.4) is 0 Å². The van der Waals surface area contributed by atoms with Gasteiger partial charge in [0.25, 0.3) is 0 Å². The normalized spacial score (nSPS) is 11.9. The number of aromatic amines is 1. The van der Waals surface area contributed by atoms with Crippen molar-refractivity contribution in [3.63, 3.8) is 0 Å². The molecular formula is C24H26N2O2. The fourth-order valence-electron chi connectivity index (χ4n) is 3.24. The smallest absolute Gasteiger partial charge is 0.207 e. The van der Waals surface area contributed by atoms with Crippen molar-refractivity contribution in [2.75, 3.05) is 13.2 Å². The van der Waals surface area contributed by atoms with Crippen LogP contribution in [-0.4, -0.2) is 24.5 Å². The van der Waals surface area contributed by atoms with Gasteiger partial charge in [-0.3, -0.25) is 4.79 Å². The second-order valence-electron chi connectivity index (χ2n) is 6.77. The lowest BCUT2D eigenvalue weighted by Gasteiger charge is -2.16. The van der Waals surface area contributed by atoms with Gasteiger partial charge in [-0.25, -0.2) is 0 Å². The number of allylic oxidation sites excluding steroid dienone is 1. The molecule has 1 aromatic heterocycles. The summed E-state index contributed by atoms with van der Waals surface area (Å²) >= 11 is 0. The highest BCUT2D eigenvalue weighted by Crippen LogP contribution is 2.26. The molecule has 0 atom stereocenters. The van der Waals surface area contributed by atoms with Crippen LogP contribution < -0.4 is 5.32 Å². The van der Waals surface area contributed by atoms with Gasteiger partial charge in [-0.15, -0.1) is 0 Å². The summed E-state index contributed by atoms with van der Waals surface area (Å²) in [5, 5.41) is 3.95. The lowest BCUT2D eigenvalue weighted by Crippen LogP contribution is -2.17. The minimum atomic E-state index is 0.456. The average Bonchev–Trinajstić information content (AvgIpc) is 3.20. The third kappa shape index (κ3) is 4.99. The Labute approximate surface area is 165 Å². The molecule has 0 aliphatic rings. The van der Waals surface area contributed by atoms with Crippen LogP contribution in [0.25, 0.3) is 16.5 Å². The summed E-state index contributed by atoms with van der Waals surface area (Å²) in [6.07, 6.45) is 3.37. The fraction of sp³-hybridized carbons (Fsp3) is 0.208. The van der Waals surface area contributed by atoms with E-state index in [0.29, 0.717) is 26.2 Å². The summed E-state index contributed by atoms with van der Waals surface area (Å²) in [6.45, 7) is 7.95. The fourth-order valence-corrected chi connectivity index (χ4v) is 3.24. The molecule has 144 valence electrons. The number of rotatable bonds is 10. The predicted molar refractivity (Wildman–Crippen MR) is 115 cm³/mol. The molecule has 28 heavy (non-hydrogen) atoms. The number of fused-ring (bicyclic) bond motifs is 1. The number of H-pyrrole nitrogens is 1. The Morgan fingerprint density at radius 1 is 1.18 bits per heavy atom. The summed E-state index contributed by atoms with van der Waals surface area (Å²) < 4.78 is 5.80. The molecule has 0 fully saturated rings. The molecule has 0 bridgehead atoms. The van der Waals surface area contributed by atoms with Crippen LogP contribution in [0.4, 0.5) is 0 Å². The van der Waals surface area contributed by atoms with Crippen molar-refractivity contribution in [2.24, 2.45) is 0 Å². The number of nitrogens with one attached hydrogen (secondary N) is 2. The van der Waals surface area contributed by atoms with Crippen molar-refractivity contribution < 1.29 is 9.53 Å². The highest BCUT2D eigenvalue weighted by atomic mass is 16.5. The molecule has 4 heteroatoms. The molecule has 3 aromatic rings. The Bertz CT molecular complexity index is 970. The number of carbonyl (C=O) groups excluding carboxylic acids is 1. The second kappa shape index (κ2) is 9.72. The van der Waals surface area contributed by atoms with Gasteiger partial charge < -0.3 is 15.0 Å². The van der Waals surface area contributed by atoms with Gasteiger partial charge in [-0.1, -0.05) is 43.0 Å². The maximum Gasteiger partial charge on any atom is 0.207 e. The average molecular weight is 374 g/mol. The summed E-state index contributed by atoms with van der Waals surface area (Å²) in [4.78, 5) is 14.1. The summed E-state index contributed by atoms with van der Waals surface area (Å²) in [7, 11) is 0. The highest BCUT2D eigenvalue weighted by molar-refractivity contribution is 5.85. The topological polar surface area (TPSA) is 54.1 Å². The number of carbonyl (C=O) groups is 1. The van der Waals surface area contributed by atoms with E-state index in [-0.39, 0.29) is 0 Å². The van der Waals surface area contributed by atoms with E-state index in [9.17, 15) is 4.79 Å². The van der Waals surface area contributed by atoms with Crippen molar-refractivity contribution in [2.45, 2.75) is 20.0 Å². The van der Waals surface area contributed by atoms with Gasteiger partial charge in [0, 0.05) is 18.3 Å². The maximum absolute atomic E-state index is 10.9. The largest absolute Gasteiger partial charge is 0.376 e. The van der Waals surface area contributed by atoms with Gasteiger partial charge in [0.2, 0.25) is 6.41 Å². The number of benzene rings is 2. The lowest BCUT2D eigenvalue weighted by molar-refractivity contribution is -0.109. The van der Waals surface area contributed by atoms with Crippen LogP contribution in [0.1, 0.15) is 24.5 Å². The zero-order valence-corrected chi connectivity index (χ0v) is 16.2. The quantitative estimate of drug-likeness (QED) is 0.303. The van der Waals surface area contributed by atoms with Crippen LogP contribution in [0.5, 0.6) is 0 Å². The molecule has 0 unspecified atom stereocenters. The van der Waals surface area contributed by atoms with Crippen molar-refractivity contribution >= 4 is 22.9 Å². The first-order chi connectivity index (χ1) is 13.7. The second-order valence-corrected chi connectivity index (χ2v) is 6.77. The van der Waals surface area contributed by atoms with Gasteiger partial charge in [0.1, 0.15) is 0 Å². The lowest BCUT2D eigenvalue weighted by atomic mass is 9.94. The molecule has 2 N–H and O–H groups in total. The SMILES string of the molecule is C=C(CCOCc1ccccc1)/C(CNC=O)=C(\C)c1ccc2[nH]ccc2c1. The van der Waals surface area contributed by atoms with Crippen molar-refractivity contribution in [3.05, 3.63) is 89.6 Å². The van der Waals surface area contributed by atoms with E-state index in [1.165, 1.54) is 0 Å². The van der Waals surface area contributed by atoms with E-state index in [1.54, 1.807) is 0 Å². The predicted octanol–water partition coefficient (Wildman–Crippen LogP) is 4.85. The first-order valence-electron chi connectivity index (χ1n) is 9.43. The number of ether oxygens (including phenoxy) is 1. The Kier molecular flexibility index (Phi) is 6.82. The summed E-state index contributed by atoms with van der Waals surface area (Å²) in [6, 6.07) is 18.5. The van der Waals surface area contributed by atoms with E-state index >= 15 is 0 Å². The van der Waals surface area contributed by atoms with Crippen LogP contribution in [0.2, 0.25) is 0 Å². The first kappa shape index (κ1) is 19.6. The van der Waals surface area contributed by atoms with Gasteiger partial charge in [-0.05, 0) is 64.8 Å². The minimum absolute atomic E-state index is 0.456. The zero-order valence-electron chi connectivity index (χ0n) is 16.2. The maximum atomic E-state index is 10.9.